The maximum atomic E-state index is 12.5. The normalized spacial score (nSPS) is 13.1. The van der Waals surface area contributed by atoms with Gasteiger partial charge >= 0.3 is 0 Å². The van der Waals surface area contributed by atoms with Crippen LogP contribution < -0.4 is 15.4 Å². The lowest BCUT2D eigenvalue weighted by Gasteiger charge is -2.17. The third-order valence-corrected chi connectivity index (χ3v) is 5.28. The van der Waals surface area contributed by atoms with Crippen molar-refractivity contribution in [3.05, 3.63) is 69.2 Å². The van der Waals surface area contributed by atoms with Gasteiger partial charge in [0.1, 0.15) is 12.4 Å². The molecule has 0 saturated carbocycles. The third kappa shape index (κ3) is 4.44. The minimum atomic E-state index is -0.183. The number of nitrogens with zero attached hydrogens (tertiary/aromatic N) is 2. The first-order valence-corrected chi connectivity index (χ1v) is 9.71. The smallest absolute Gasteiger partial charge is 0.257 e. The molecule has 0 fully saturated rings. The van der Waals surface area contributed by atoms with Crippen molar-refractivity contribution in [3.63, 3.8) is 0 Å². The van der Waals surface area contributed by atoms with E-state index < -0.39 is 0 Å². The first-order valence-electron chi connectivity index (χ1n) is 8.52. The van der Waals surface area contributed by atoms with E-state index in [0.29, 0.717) is 26.5 Å². The van der Waals surface area contributed by atoms with E-state index in [-0.39, 0.29) is 12.5 Å². The molecule has 8 heteroatoms. The van der Waals surface area contributed by atoms with Gasteiger partial charge in [0, 0.05) is 17.1 Å². The van der Waals surface area contributed by atoms with Gasteiger partial charge in [0.15, 0.2) is 5.01 Å². The van der Waals surface area contributed by atoms with Gasteiger partial charge in [-0.25, -0.2) is 0 Å². The number of rotatable bonds is 5. The van der Waals surface area contributed by atoms with Crippen molar-refractivity contribution in [3.8, 4) is 5.75 Å². The fraction of sp³-hybridized carbons (Fsp3) is 0.211. The molecule has 0 bridgehead atoms. The van der Waals surface area contributed by atoms with Gasteiger partial charge in [-0.3, -0.25) is 10.1 Å². The van der Waals surface area contributed by atoms with Crippen LogP contribution in [0.1, 0.15) is 26.5 Å². The Hall–Kier alpha value is -2.48. The Morgan fingerprint density at radius 3 is 2.89 bits per heavy atom. The molecule has 0 aliphatic carbocycles. The number of carbonyl (C=O) groups is 1. The number of hydrogen-bond acceptors (Lipinski definition) is 6. The number of halogens is 1. The van der Waals surface area contributed by atoms with Gasteiger partial charge in [-0.15, -0.1) is 10.2 Å². The average Bonchev–Trinajstić information content (AvgIpc) is 3.14. The number of amides is 1. The first kappa shape index (κ1) is 17.9. The standard InChI is InChI=1S/C19H17ClN4O2S/c20-15-3-5-16(6-4-15)26-11-17-23-24-19(27-17)22-18(25)13-1-2-14-10-21-8-7-12(14)9-13/h1-6,9,21H,7-8,10-11H2,(H,22,24,25). The molecule has 27 heavy (non-hydrogen) atoms. The first-order chi connectivity index (χ1) is 13.2. The van der Waals surface area contributed by atoms with Crippen molar-refractivity contribution in [2.24, 2.45) is 0 Å². The number of ether oxygens (including phenoxy) is 1. The number of fused-ring (bicyclic) bond motifs is 1. The Labute approximate surface area is 165 Å². The van der Waals surface area contributed by atoms with Crippen LogP contribution in [0.2, 0.25) is 5.02 Å². The highest BCUT2D eigenvalue weighted by atomic mass is 35.5. The zero-order chi connectivity index (χ0) is 18.6. The predicted molar refractivity (Wildman–Crippen MR) is 105 cm³/mol. The Kier molecular flexibility index (Phi) is 5.33. The van der Waals surface area contributed by atoms with Crippen molar-refractivity contribution in [1.82, 2.24) is 15.5 Å². The molecule has 3 aromatic rings. The molecule has 0 radical (unpaired) electrons. The lowest BCUT2D eigenvalue weighted by atomic mass is 9.98. The summed E-state index contributed by atoms with van der Waals surface area (Å²) in [5.74, 6) is 0.515. The van der Waals surface area contributed by atoms with Crippen LogP contribution in [0.5, 0.6) is 5.75 Å². The summed E-state index contributed by atoms with van der Waals surface area (Å²) in [6.45, 7) is 2.07. The summed E-state index contributed by atoms with van der Waals surface area (Å²) in [4.78, 5) is 12.5. The fourth-order valence-electron chi connectivity index (χ4n) is 2.83. The molecule has 1 amide bonds. The number of hydrogen-bond donors (Lipinski definition) is 2. The van der Waals surface area contributed by atoms with Gasteiger partial charge in [-0.1, -0.05) is 29.0 Å². The van der Waals surface area contributed by atoms with E-state index in [1.165, 1.54) is 22.5 Å². The molecule has 2 aromatic carbocycles. The summed E-state index contributed by atoms with van der Waals surface area (Å²) in [6, 6.07) is 12.9. The second-order valence-electron chi connectivity index (χ2n) is 6.11. The highest BCUT2D eigenvalue weighted by Crippen LogP contribution is 2.21. The summed E-state index contributed by atoms with van der Waals surface area (Å²) in [5.41, 5.74) is 3.09. The van der Waals surface area contributed by atoms with Crippen LogP contribution in [-0.2, 0) is 19.6 Å². The Morgan fingerprint density at radius 1 is 1.19 bits per heavy atom. The molecule has 0 spiro atoms. The van der Waals surface area contributed by atoms with Gasteiger partial charge in [0.2, 0.25) is 5.13 Å². The van der Waals surface area contributed by atoms with Crippen LogP contribution in [0.3, 0.4) is 0 Å². The molecule has 138 valence electrons. The molecule has 1 aromatic heterocycles. The van der Waals surface area contributed by atoms with Gasteiger partial charge in [-0.2, -0.15) is 0 Å². The lowest BCUT2D eigenvalue weighted by molar-refractivity contribution is 0.102. The SMILES string of the molecule is O=C(Nc1nnc(COc2ccc(Cl)cc2)s1)c1ccc2c(c1)CCNC2. The molecule has 0 atom stereocenters. The number of anilines is 1. The van der Waals surface area contributed by atoms with E-state index in [9.17, 15) is 4.79 Å². The summed E-state index contributed by atoms with van der Waals surface area (Å²) >= 11 is 7.14. The van der Waals surface area contributed by atoms with E-state index in [1.807, 2.05) is 18.2 Å². The molecule has 4 rings (SSSR count). The highest BCUT2D eigenvalue weighted by Gasteiger charge is 2.14. The molecule has 1 aliphatic rings. The van der Waals surface area contributed by atoms with Crippen LogP contribution in [0.4, 0.5) is 5.13 Å². The van der Waals surface area contributed by atoms with Crippen molar-refractivity contribution in [2.45, 2.75) is 19.6 Å². The number of aromatic nitrogens is 2. The summed E-state index contributed by atoms with van der Waals surface area (Å²) in [7, 11) is 0. The van der Waals surface area contributed by atoms with E-state index in [4.69, 9.17) is 16.3 Å². The molecule has 0 unspecified atom stereocenters. The molecule has 0 saturated heterocycles. The Morgan fingerprint density at radius 2 is 2.04 bits per heavy atom. The highest BCUT2D eigenvalue weighted by molar-refractivity contribution is 7.15. The zero-order valence-corrected chi connectivity index (χ0v) is 15.9. The minimum absolute atomic E-state index is 0.183. The van der Waals surface area contributed by atoms with E-state index in [2.05, 4.69) is 20.8 Å². The van der Waals surface area contributed by atoms with Crippen molar-refractivity contribution in [1.29, 1.82) is 0 Å². The summed E-state index contributed by atoms with van der Waals surface area (Å²) < 4.78 is 5.64. The number of benzene rings is 2. The molecular weight excluding hydrogens is 384 g/mol. The van der Waals surface area contributed by atoms with Gasteiger partial charge < -0.3 is 10.1 Å². The lowest BCUT2D eigenvalue weighted by Crippen LogP contribution is -2.24. The van der Waals surface area contributed by atoms with Crippen molar-refractivity contribution < 1.29 is 9.53 Å². The van der Waals surface area contributed by atoms with Crippen LogP contribution in [0.25, 0.3) is 0 Å². The van der Waals surface area contributed by atoms with Crippen LogP contribution in [-0.4, -0.2) is 22.6 Å². The Balaban J connectivity index is 1.37. The van der Waals surface area contributed by atoms with E-state index >= 15 is 0 Å². The summed E-state index contributed by atoms with van der Waals surface area (Å²) in [5, 5.41) is 16.0. The second kappa shape index (κ2) is 8.04. The van der Waals surface area contributed by atoms with E-state index in [1.54, 1.807) is 24.3 Å². The average molecular weight is 401 g/mol. The van der Waals surface area contributed by atoms with Crippen molar-refractivity contribution in [2.75, 3.05) is 11.9 Å². The third-order valence-electron chi connectivity index (χ3n) is 4.22. The topological polar surface area (TPSA) is 76.1 Å². The van der Waals surface area contributed by atoms with Gasteiger partial charge in [0.05, 0.1) is 0 Å². The molecule has 6 nitrogen and oxygen atoms in total. The largest absolute Gasteiger partial charge is 0.486 e. The maximum absolute atomic E-state index is 12.5. The summed E-state index contributed by atoms with van der Waals surface area (Å²) in [6.07, 6.45) is 0.932. The molecule has 2 heterocycles. The van der Waals surface area contributed by atoms with Crippen molar-refractivity contribution >= 4 is 34.0 Å². The van der Waals surface area contributed by atoms with E-state index in [0.717, 1.165) is 19.5 Å². The predicted octanol–water partition coefficient (Wildman–Crippen LogP) is 3.67. The van der Waals surface area contributed by atoms with Crippen LogP contribution >= 0.6 is 22.9 Å². The zero-order valence-electron chi connectivity index (χ0n) is 14.4. The number of nitrogens with one attached hydrogen (secondary N) is 2. The molecule has 2 N–H and O–H groups in total. The monoisotopic (exact) mass is 400 g/mol. The second-order valence-corrected chi connectivity index (χ2v) is 7.61. The quantitative estimate of drug-likeness (QED) is 0.683. The van der Waals surface area contributed by atoms with Crippen LogP contribution in [0.15, 0.2) is 42.5 Å². The minimum Gasteiger partial charge on any atom is -0.486 e. The van der Waals surface area contributed by atoms with Gasteiger partial charge in [-0.05, 0) is 60.5 Å². The van der Waals surface area contributed by atoms with Crippen LogP contribution in [0, 0.1) is 0 Å². The number of carbonyl (C=O) groups excluding carboxylic acids is 1. The molecule has 1 aliphatic heterocycles. The van der Waals surface area contributed by atoms with Gasteiger partial charge in [0.25, 0.3) is 5.91 Å². The maximum Gasteiger partial charge on any atom is 0.257 e. The Bertz CT molecular complexity index is 959. The fourth-order valence-corrected chi connectivity index (χ4v) is 3.60. The molecular formula is C19H17ClN4O2S.